The number of rotatable bonds is 10. The molecular formula is C21H20F3N3O6S3. The summed E-state index contributed by atoms with van der Waals surface area (Å²) in [6.45, 7) is -0.891. The smallest absolute Gasteiger partial charge is 0.389 e. The number of alkyl halides is 3. The van der Waals surface area contributed by atoms with Crippen molar-refractivity contribution in [2.75, 3.05) is 13.7 Å². The second kappa shape index (κ2) is 11.1. The van der Waals surface area contributed by atoms with E-state index in [1.807, 2.05) is 0 Å². The highest BCUT2D eigenvalue weighted by atomic mass is 32.2. The molecule has 1 amide bonds. The van der Waals surface area contributed by atoms with E-state index in [0.717, 1.165) is 24.3 Å². The highest BCUT2D eigenvalue weighted by Gasteiger charge is 2.46. The second-order valence-corrected chi connectivity index (χ2v) is 11.5. The fourth-order valence-corrected chi connectivity index (χ4v) is 5.63. The van der Waals surface area contributed by atoms with Crippen molar-refractivity contribution in [2.45, 2.75) is 36.4 Å². The van der Waals surface area contributed by atoms with Crippen LogP contribution in [-0.4, -0.2) is 64.4 Å². The quantitative estimate of drug-likeness (QED) is 0.384. The van der Waals surface area contributed by atoms with Crippen LogP contribution >= 0.6 is 22.7 Å². The van der Waals surface area contributed by atoms with E-state index in [-0.39, 0.29) is 31.8 Å². The molecule has 0 unspecified atom stereocenters. The molecule has 0 spiro atoms. The number of aromatic nitrogens is 2. The Bertz CT molecular complexity index is 1350. The van der Waals surface area contributed by atoms with Crippen LogP contribution < -0.4 is 0 Å². The van der Waals surface area contributed by atoms with Crippen LogP contribution in [0.2, 0.25) is 0 Å². The van der Waals surface area contributed by atoms with Crippen LogP contribution in [0.3, 0.4) is 0 Å². The minimum absolute atomic E-state index is 0.0584. The van der Waals surface area contributed by atoms with Gasteiger partial charge in [-0.15, -0.1) is 22.7 Å². The van der Waals surface area contributed by atoms with E-state index in [4.69, 9.17) is 5.11 Å². The Morgan fingerprint density at radius 3 is 2.31 bits per heavy atom. The number of hydrogen-bond acceptors (Lipinski definition) is 10. The maximum absolute atomic E-state index is 12.7. The molecule has 0 aliphatic rings. The molecule has 194 valence electrons. The highest BCUT2D eigenvalue weighted by molar-refractivity contribution is 7.92. The molecule has 3 aromatic rings. The van der Waals surface area contributed by atoms with Crippen molar-refractivity contribution in [1.82, 2.24) is 14.9 Å². The number of benzene rings is 1. The largest absolute Gasteiger partial charge is 0.501 e. The molecule has 3 rings (SSSR count). The summed E-state index contributed by atoms with van der Waals surface area (Å²) in [6, 6.07) is 3.95. The fourth-order valence-electron chi connectivity index (χ4n) is 3.08. The summed E-state index contributed by atoms with van der Waals surface area (Å²) in [7, 11) is -3.96. The van der Waals surface area contributed by atoms with E-state index >= 15 is 0 Å². The first-order valence-corrected chi connectivity index (χ1v) is 13.3. The molecule has 2 aromatic heterocycles. The molecule has 9 nitrogen and oxygen atoms in total. The third-order valence-corrected chi connectivity index (χ3v) is 8.35. The molecule has 1 aromatic carbocycles. The number of aliphatic hydroxyl groups is 2. The zero-order valence-corrected chi connectivity index (χ0v) is 21.1. The summed E-state index contributed by atoms with van der Waals surface area (Å²) in [5.74, 6) is -0.788. The topological polar surface area (TPSA) is 138 Å². The van der Waals surface area contributed by atoms with Gasteiger partial charge in [-0.25, -0.2) is 18.4 Å². The molecule has 0 atom stereocenters. The van der Waals surface area contributed by atoms with Crippen LogP contribution in [0.5, 0.6) is 0 Å². The van der Waals surface area contributed by atoms with Crippen molar-refractivity contribution < 1.29 is 41.4 Å². The number of aliphatic hydroxyl groups excluding tert-OH is 2. The molecule has 15 heteroatoms. The lowest BCUT2D eigenvalue weighted by atomic mass is 10.1. The Morgan fingerprint density at radius 1 is 1.06 bits per heavy atom. The molecule has 0 aliphatic carbocycles. The van der Waals surface area contributed by atoms with Gasteiger partial charge in [-0.2, -0.15) is 13.2 Å². The Morgan fingerprint density at radius 2 is 1.72 bits per heavy atom. The minimum Gasteiger partial charge on any atom is -0.389 e. The number of hydrogen-bond donors (Lipinski definition) is 2. The number of Topliss-reactive ketones (excluding diaryl/α,β-unsaturated/α-hetero) is 1. The Labute approximate surface area is 211 Å². The van der Waals surface area contributed by atoms with Crippen LogP contribution in [0.25, 0.3) is 10.6 Å². The van der Waals surface area contributed by atoms with Gasteiger partial charge in [0.25, 0.3) is 9.84 Å². The first-order chi connectivity index (χ1) is 16.8. The maximum atomic E-state index is 12.7. The lowest BCUT2D eigenvalue weighted by Crippen LogP contribution is -2.29. The third kappa shape index (κ3) is 6.34. The lowest BCUT2D eigenvalue weighted by Gasteiger charge is -2.14. The Hall–Kier alpha value is -2.72. The molecule has 0 radical (unpaired) electrons. The summed E-state index contributed by atoms with van der Waals surface area (Å²) in [5, 5.41) is 21.1. The molecule has 0 aliphatic heterocycles. The fraction of sp³-hybridized carbons (Fsp3) is 0.333. The summed E-state index contributed by atoms with van der Waals surface area (Å²) < 4.78 is 60.9. The van der Waals surface area contributed by atoms with Crippen molar-refractivity contribution in [3.05, 3.63) is 50.9 Å². The number of carbonyl (C=O) groups is 2. The molecular weight excluding hydrogens is 543 g/mol. The van der Waals surface area contributed by atoms with Gasteiger partial charge in [-0.3, -0.25) is 9.59 Å². The summed E-state index contributed by atoms with van der Waals surface area (Å²) >= 11 is 2.39. The second-order valence-electron chi connectivity index (χ2n) is 7.56. The Kier molecular flexibility index (Phi) is 8.61. The Balaban J connectivity index is 1.70. The average Bonchev–Trinajstić information content (AvgIpc) is 3.44. The lowest BCUT2D eigenvalue weighted by molar-refractivity contribution is -0.133. The highest BCUT2D eigenvalue weighted by Crippen LogP contribution is 2.33. The minimum atomic E-state index is -5.46. The molecule has 2 heterocycles. The summed E-state index contributed by atoms with van der Waals surface area (Å²) in [4.78, 5) is 33.9. The average molecular weight is 564 g/mol. The number of thiazole rings is 2. The van der Waals surface area contributed by atoms with Gasteiger partial charge in [0.1, 0.15) is 22.4 Å². The van der Waals surface area contributed by atoms with Crippen LogP contribution in [-0.2, 0) is 45.4 Å². The van der Waals surface area contributed by atoms with Crippen LogP contribution in [0.1, 0.15) is 21.3 Å². The molecule has 0 fully saturated rings. The molecule has 0 saturated carbocycles. The van der Waals surface area contributed by atoms with Gasteiger partial charge in [0, 0.05) is 18.8 Å². The van der Waals surface area contributed by atoms with Gasteiger partial charge in [-0.05, 0) is 17.7 Å². The predicted molar refractivity (Wildman–Crippen MR) is 125 cm³/mol. The monoisotopic (exact) mass is 563 g/mol. The van der Waals surface area contributed by atoms with Crippen molar-refractivity contribution in [3.8, 4) is 10.6 Å². The number of halogens is 3. The van der Waals surface area contributed by atoms with E-state index in [2.05, 4.69) is 9.97 Å². The van der Waals surface area contributed by atoms with Gasteiger partial charge < -0.3 is 15.1 Å². The SMILES string of the molecule is CN(Cc1nc(CO)sc1-c1csc(CC(=O)Cc2ccc(S(=O)(=O)C(F)(F)F)cc2)n1)C(=O)CO. The number of nitrogens with zero attached hydrogens (tertiary/aromatic N) is 3. The molecule has 2 N–H and O–H groups in total. The standard InChI is InChI=1S/C21H20F3N3O6S3/c1-27(19(31)10-29)8-15-20(35-18(9-28)25-15)16-11-34-17(26-16)7-13(30)6-12-2-4-14(5-3-12)36(32,33)21(22,23)24/h2-5,11,28-29H,6-10H2,1H3. The van der Waals surface area contributed by atoms with Crippen molar-refractivity contribution in [3.63, 3.8) is 0 Å². The normalized spacial score (nSPS) is 12.1. The molecule has 0 saturated heterocycles. The number of amides is 1. The first-order valence-electron chi connectivity index (χ1n) is 10.2. The van der Waals surface area contributed by atoms with E-state index in [0.29, 0.717) is 31.8 Å². The van der Waals surface area contributed by atoms with Gasteiger partial charge in [0.2, 0.25) is 5.91 Å². The van der Waals surface area contributed by atoms with E-state index in [1.54, 1.807) is 5.38 Å². The number of likely N-dealkylation sites (N-methyl/N-ethyl adjacent to an activating group) is 1. The third-order valence-electron chi connectivity index (χ3n) is 4.90. The van der Waals surface area contributed by atoms with Gasteiger partial charge in [0.05, 0.1) is 40.7 Å². The van der Waals surface area contributed by atoms with E-state index in [1.165, 1.54) is 34.6 Å². The predicted octanol–water partition coefficient (Wildman–Crippen LogP) is 2.36. The van der Waals surface area contributed by atoms with Crippen molar-refractivity contribution in [2.24, 2.45) is 0 Å². The zero-order valence-electron chi connectivity index (χ0n) is 18.6. The van der Waals surface area contributed by atoms with Crippen LogP contribution in [0.15, 0.2) is 34.5 Å². The van der Waals surface area contributed by atoms with Gasteiger partial charge in [-0.1, -0.05) is 12.1 Å². The number of sulfone groups is 1. The summed E-state index contributed by atoms with van der Waals surface area (Å²) in [6.07, 6.45) is -0.188. The van der Waals surface area contributed by atoms with Crippen molar-refractivity contribution in [1.29, 1.82) is 0 Å². The molecule has 36 heavy (non-hydrogen) atoms. The molecule has 0 bridgehead atoms. The van der Waals surface area contributed by atoms with E-state index < -0.39 is 32.8 Å². The van der Waals surface area contributed by atoms with Crippen LogP contribution in [0.4, 0.5) is 13.2 Å². The maximum Gasteiger partial charge on any atom is 0.501 e. The van der Waals surface area contributed by atoms with Gasteiger partial charge in [0.15, 0.2) is 0 Å². The first kappa shape index (κ1) is 27.9. The number of carbonyl (C=O) groups excluding carboxylic acids is 2. The summed E-state index contributed by atoms with van der Waals surface area (Å²) in [5.41, 5.74) is -4.08. The number of ketones is 1. The van der Waals surface area contributed by atoms with Gasteiger partial charge >= 0.3 is 5.51 Å². The van der Waals surface area contributed by atoms with Crippen molar-refractivity contribution >= 4 is 44.2 Å². The zero-order chi connectivity index (χ0) is 26.7. The van der Waals surface area contributed by atoms with E-state index in [9.17, 15) is 36.3 Å². The van der Waals surface area contributed by atoms with Crippen LogP contribution in [0, 0.1) is 0 Å².